The summed E-state index contributed by atoms with van der Waals surface area (Å²) < 4.78 is 1.60. The number of aliphatic hydroxyl groups is 1. The number of carbonyl (C=O) groups is 1. The monoisotopic (exact) mass is 212 g/mol. The molecular formula is C9H16N4O2. The van der Waals surface area contributed by atoms with Crippen LogP contribution in [-0.2, 0) is 11.3 Å². The van der Waals surface area contributed by atoms with E-state index < -0.39 is 6.10 Å². The Morgan fingerprint density at radius 2 is 2.47 bits per heavy atom. The molecule has 0 aliphatic rings. The van der Waals surface area contributed by atoms with Gasteiger partial charge in [-0.15, -0.1) is 5.10 Å². The highest BCUT2D eigenvalue weighted by Crippen LogP contribution is 2.11. The average molecular weight is 212 g/mol. The van der Waals surface area contributed by atoms with Crippen molar-refractivity contribution in [3.8, 4) is 0 Å². The molecule has 0 spiro atoms. The number of hydrogen-bond acceptors (Lipinski definition) is 4. The largest absolute Gasteiger partial charge is 0.387 e. The van der Waals surface area contributed by atoms with Gasteiger partial charge in [-0.2, -0.15) is 0 Å². The maximum Gasteiger partial charge on any atom is 0.216 e. The lowest BCUT2D eigenvalue weighted by atomic mass is 10.2. The molecule has 1 aromatic rings. The molecule has 0 aliphatic heterocycles. The van der Waals surface area contributed by atoms with E-state index in [9.17, 15) is 9.90 Å². The zero-order valence-electron chi connectivity index (χ0n) is 8.97. The van der Waals surface area contributed by atoms with Crippen LogP contribution in [0.2, 0.25) is 0 Å². The van der Waals surface area contributed by atoms with Gasteiger partial charge in [-0.1, -0.05) is 12.1 Å². The second-order valence-corrected chi connectivity index (χ2v) is 3.31. The Kier molecular flexibility index (Phi) is 4.23. The van der Waals surface area contributed by atoms with Gasteiger partial charge in [0, 0.05) is 13.5 Å². The molecule has 6 nitrogen and oxygen atoms in total. The zero-order valence-corrected chi connectivity index (χ0v) is 8.97. The predicted molar refractivity (Wildman–Crippen MR) is 54.0 cm³/mol. The van der Waals surface area contributed by atoms with Gasteiger partial charge in [0.25, 0.3) is 0 Å². The van der Waals surface area contributed by atoms with Gasteiger partial charge >= 0.3 is 0 Å². The van der Waals surface area contributed by atoms with Gasteiger partial charge in [0.2, 0.25) is 5.91 Å². The third-order valence-corrected chi connectivity index (χ3v) is 2.00. The van der Waals surface area contributed by atoms with Crippen LogP contribution in [0.3, 0.4) is 0 Å². The van der Waals surface area contributed by atoms with Crippen molar-refractivity contribution < 1.29 is 9.90 Å². The smallest absolute Gasteiger partial charge is 0.216 e. The maximum absolute atomic E-state index is 10.6. The minimum atomic E-state index is -0.556. The van der Waals surface area contributed by atoms with E-state index in [-0.39, 0.29) is 5.91 Å². The first kappa shape index (κ1) is 11.6. The molecule has 0 fully saturated rings. The molecule has 0 aliphatic carbocycles. The van der Waals surface area contributed by atoms with Gasteiger partial charge in [0.1, 0.15) is 5.69 Å². The van der Waals surface area contributed by atoms with Crippen molar-refractivity contribution >= 4 is 5.91 Å². The molecule has 1 unspecified atom stereocenters. The lowest BCUT2D eigenvalue weighted by Gasteiger charge is -2.02. The molecule has 1 atom stereocenters. The summed E-state index contributed by atoms with van der Waals surface area (Å²) in [7, 11) is 0. The summed E-state index contributed by atoms with van der Waals surface area (Å²) in [5, 5.41) is 19.8. The molecule has 15 heavy (non-hydrogen) atoms. The summed E-state index contributed by atoms with van der Waals surface area (Å²) >= 11 is 0. The molecule has 0 radical (unpaired) electrons. The SMILES string of the molecule is CCC(O)c1cn(CCNC(C)=O)nn1. The first-order valence-corrected chi connectivity index (χ1v) is 4.96. The summed E-state index contributed by atoms with van der Waals surface area (Å²) in [6.07, 6.45) is 1.75. The predicted octanol–water partition coefficient (Wildman–Crippen LogP) is -0.142. The second-order valence-electron chi connectivity index (χ2n) is 3.31. The Bertz CT molecular complexity index is 324. The lowest BCUT2D eigenvalue weighted by molar-refractivity contribution is -0.118. The van der Waals surface area contributed by atoms with Crippen molar-refractivity contribution in [2.24, 2.45) is 0 Å². The van der Waals surface area contributed by atoms with Gasteiger partial charge in [-0.05, 0) is 6.42 Å². The van der Waals surface area contributed by atoms with Crippen molar-refractivity contribution in [1.29, 1.82) is 0 Å². The molecule has 84 valence electrons. The van der Waals surface area contributed by atoms with Gasteiger partial charge in [-0.25, -0.2) is 0 Å². The second kappa shape index (κ2) is 5.45. The van der Waals surface area contributed by atoms with Gasteiger partial charge in [0.05, 0.1) is 18.8 Å². The van der Waals surface area contributed by atoms with E-state index in [1.807, 2.05) is 6.92 Å². The highest BCUT2D eigenvalue weighted by molar-refractivity contribution is 5.72. The van der Waals surface area contributed by atoms with E-state index in [2.05, 4.69) is 15.6 Å². The fraction of sp³-hybridized carbons (Fsp3) is 0.667. The summed E-state index contributed by atoms with van der Waals surface area (Å²) in [4.78, 5) is 10.6. The molecule has 1 aromatic heterocycles. The quantitative estimate of drug-likeness (QED) is 0.711. The molecule has 1 amide bonds. The number of rotatable bonds is 5. The summed E-state index contributed by atoms with van der Waals surface area (Å²) in [5.74, 6) is -0.0658. The summed E-state index contributed by atoms with van der Waals surface area (Å²) in [5.41, 5.74) is 0.570. The van der Waals surface area contributed by atoms with E-state index >= 15 is 0 Å². The number of hydrogen-bond donors (Lipinski definition) is 2. The van der Waals surface area contributed by atoms with E-state index in [1.54, 1.807) is 10.9 Å². The fourth-order valence-corrected chi connectivity index (χ4v) is 1.13. The highest BCUT2D eigenvalue weighted by Gasteiger charge is 2.09. The number of nitrogens with one attached hydrogen (secondary N) is 1. The van der Waals surface area contributed by atoms with E-state index in [4.69, 9.17) is 0 Å². The number of aliphatic hydroxyl groups excluding tert-OH is 1. The number of amides is 1. The van der Waals surface area contributed by atoms with Crippen LogP contribution in [0.1, 0.15) is 32.1 Å². The van der Waals surface area contributed by atoms with Crippen LogP contribution in [0.4, 0.5) is 0 Å². The van der Waals surface area contributed by atoms with Gasteiger partial charge < -0.3 is 10.4 Å². The molecule has 1 heterocycles. The molecule has 0 bridgehead atoms. The normalized spacial score (nSPS) is 12.5. The van der Waals surface area contributed by atoms with Crippen molar-refractivity contribution in [2.75, 3.05) is 6.54 Å². The summed E-state index contributed by atoms with van der Waals surface area (Å²) in [6.45, 7) is 4.41. The van der Waals surface area contributed by atoms with Crippen LogP contribution in [0.25, 0.3) is 0 Å². The topological polar surface area (TPSA) is 80.0 Å². The highest BCUT2D eigenvalue weighted by atomic mass is 16.3. The van der Waals surface area contributed by atoms with E-state index in [0.29, 0.717) is 25.2 Å². The van der Waals surface area contributed by atoms with Crippen LogP contribution >= 0.6 is 0 Å². The third-order valence-electron chi connectivity index (χ3n) is 2.00. The Hall–Kier alpha value is -1.43. The Balaban J connectivity index is 2.42. The fourth-order valence-electron chi connectivity index (χ4n) is 1.13. The van der Waals surface area contributed by atoms with Gasteiger partial charge in [-0.3, -0.25) is 9.48 Å². The molecule has 0 saturated carbocycles. The van der Waals surface area contributed by atoms with Crippen LogP contribution in [0.5, 0.6) is 0 Å². The third kappa shape index (κ3) is 3.67. The first-order valence-electron chi connectivity index (χ1n) is 4.96. The molecule has 6 heteroatoms. The minimum absolute atomic E-state index is 0.0658. The summed E-state index contributed by atoms with van der Waals surface area (Å²) in [6, 6.07) is 0. The molecule has 0 aromatic carbocycles. The van der Waals surface area contributed by atoms with Crippen molar-refractivity contribution in [2.45, 2.75) is 32.9 Å². The molecule has 2 N–H and O–H groups in total. The van der Waals surface area contributed by atoms with Crippen LogP contribution in [-0.4, -0.2) is 32.6 Å². The van der Waals surface area contributed by atoms with Crippen molar-refractivity contribution in [3.05, 3.63) is 11.9 Å². The molecule has 0 saturated heterocycles. The Labute approximate surface area is 88.3 Å². The number of nitrogens with zero attached hydrogens (tertiary/aromatic N) is 3. The van der Waals surface area contributed by atoms with E-state index in [1.165, 1.54) is 6.92 Å². The first-order chi connectivity index (χ1) is 7.13. The van der Waals surface area contributed by atoms with Crippen LogP contribution in [0, 0.1) is 0 Å². The van der Waals surface area contributed by atoms with E-state index in [0.717, 1.165) is 0 Å². The average Bonchev–Trinajstić information content (AvgIpc) is 2.65. The zero-order chi connectivity index (χ0) is 11.3. The van der Waals surface area contributed by atoms with Crippen LogP contribution in [0.15, 0.2) is 6.20 Å². The molecular weight excluding hydrogens is 196 g/mol. The lowest BCUT2D eigenvalue weighted by Crippen LogP contribution is -2.24. The Morgan fingerprint density at radius 1 is 1.73 bits per heavy atom. The number of aromatic nitrogens is 3. The standard InChI is InChI=1S/C9H16N4O2/c1-3-9(15)8-6-13(12-11-8)5-4-10-7(2)14/h6,9,15H,3-5H2,1-2H3,(H,10,14). The number of carbonyl (C=O) groups excluding carboxylic acids is 1. The van der Waals surface area contributed by atoms with Gasteiger partial charge in [0.15, 0.2) is 0 Å². The maximum atomic E-state index is 10.6. The van der Waals surface area contributed by atoms with Crippen molar-refractivity contribution in [1.82, 2.24) is 20.3 Å². The Morgan fingerprint density at radius 3 is 3.07 bits per heavy atom. The van der Waals surface area contributed by atoms with Crippen molar-refractivity contribution in [3.63, 3.8) is 0 Å². The molecule has 1 rings (SSSR count). The van der Waals surface area contributed by atoms with Crippen LogP contribution < -0.4 is 5.32 Å². The minimum Gasteiger partial charge on any atom is -0.387 e.